The number of aromatic nitrogens is 7. The number of nitrogens with one attached hydrogen (secondary N) is 3. The summed E-state index contributed by atoms with van der Waals surface area (Å²) in [5, 5.41) is 34.7. The van der Waals surface area contributed by atoms with Crippen molar-refractivity contribution < 1.29 is 33.3 Å². The lowest BCUT2D eigenvalue weighted by Gasteiger charge is -2.31. The molecule has 1 aliphatic carbocycles. The number of halogens is 2. The van der Waals surface area contributed by atoms with Crippen molar-refractivity contribution in [1.29, 1.82) is 0 Å². The predicted octanol–water partition coefficient (Wildman–Crippen LogP) is 12.1. The van der Waals surface area contributed by atoms with Gasteiger partial charge in [0, 0.05) is 77.1 Å². The number of aldehydes is 1. The number of carbonyl (C=O) groups is 2. The van der Waals surface area contributed by atoms with Crippen molar-refractivity contribution in [2.24, 2.45) is 5.92 Å². The second kappa shape index (κ2) is 29.4. The third-order valence-corrected chi connectivity index (χ3v) is 17.4. The predicted molar refractivity (Wildman–Crippen MR) is 339 cm³/mol. The van der Waals surface area contributed by atoms with Crippen LogP contribution in [0.5, 0.6) is 11.8 Å². The standard InChI is InChI=1S/C43H48FN9O3.C16H20ClNO.C6H9NO2.C2H6/c1-23(2)25(4)53-21-37(50-51-53)28-7-5-26(6-8-28)22-55-41-39(38-24(3)35(44)17-36-34(38)19-46-49-36)32(27-9-10-27)16-33-40(41)47-43(56-31-11-13-54-14-12-31)48-42(33)52-20-29-15-30(52)18-45-29;1-4-6-14(15(17)5-2)12-7-9-13(10-8-12)16(11-19)18-3;8-4-6-2-1-3-7(6)5-9;1-2/h5-8,16-17,19,21,23,25,27,29-31,45H,9-15,18,20,22H2,1-4H3,(H,46,49);4-10,16,18-19H,1,11H2,2-3H3;4-6H,1-3H2;1-2H3/b;14-6-,15-5+;;. The Labute approximate surface area is 509 Å². The number of carbonyl (C=O) groups excluding carboxylic acids is 2. The van der Waals surface area contributed by atoms with Crippen LogP contribution in [-0.2, 0) is 20.9 Å². The molecule has 12 rings (SSSR count). The number of piperazine rings is 1. The molecular formula is C67H83ClFN11O6. The summed E-state index contributed by atoms with van der Waals surface area (Å²) in [6.45, 7) is 22.1. The number of hydrogen-bond acceptors (Lipinski definition) is 14. The molecule has 19 heteroatoms. The number of hydrogen-bond donors (Lipinski definition) is 4. The van der Waals surface area contributed by atoms with E-state index in [0.717, 1.165) is 144 Å². The molecule has 3 aromatic heterocycles. The van der Waals surface area contributed by atoms with Crippen molar-refractivity contribution in [1.82, 2.24) is 50.7 Å². The van der Waals surface area contributed by atoms with Crippen LogP contribution in [0.1, 0.15) is 132 Å². The Morgan fingerprint density at radius 1 is 1.00 bits per heavy atom. The summed E-state index contributed by atoms with van der Waals surface area (Å²) in [5.74, 6) is 1.93. The molecule has 7 aromatic rings. The number of fused-ring (bicyclic) bond motifs is 4. The van der Waals surface area contributed by atoms with Crippen LogP contribution in [0, 0.1) is 18.7 Å². The number of nitrogens with zero attached hydrogens (tertiary/aromatic N) is 8. The van der Waals surface area contributed by atoms with Crippen LogP contribution in [0.15, 0.2) is 103 Å². The molecule has 5 aliphatic rings. The fraction of sp³-hybridized carbons (Fsp3) is 0.448. The molecule has 1 saturated carbocycles. The molecule has 2 bridgehead atoms. The molecule has 1 amide bonds. The minimum Gasteiger partial charge on any atom is -0.486 e. The van der Waals surface area contributed by atoms with Crippen molar-refractivity contribution in [3.63, 3.8) is 0 Å². The third-order valence-electron chi connectivity index (χ3n) is 17.0. The molecule has 5 atom stereocenters. The van der Waals surface area contributed by atoms with Gasteiger partial charge in [-0.05, 0) is 117 Å². The maximum atomic E-state index is 15.9. The zero-order valence-electron chi connectivity index (χ0n) is 50.9. The number of ether oxygens (including phenoxy) is 3. The Bertz CT molecular complexity index is 3480. The van der Waals surface area contributed by atoms with E-state index in [-0.39, 0.29) is 43.3 Å². The average Bonchev–Trinajstić information content (AvgIpc) is 1.39. The van der Waals surface area contributed by atoms with Crippen LogP contribution in [0.4, 0.5) is 10.2 Å². The first-order chi connectivity index (χ1) is 41.8. The highest BCUT2D eigenvalue weighted by Crippen LogP contribution is 2.53. The van der Waals surface area contributed by atoms with Gasteiger partial charge >= 0.3 is 6.01 Å². The first-order valence-corrected chi connectivity index (χ1v) is 30.8. The number of rotatable bonds is 19. The Morgan fingerprint density at radius 3 is 2.37 bits per heavy atom. The SMILES string of the molecule is C=C/C=C(\C(Cl)=C/C)c1ccc(C(CO)NC)cc1.CC.Cc1c(F)cc2[nH]ncc2c1-c1c(C2CC2)cc2c(N3CC4CC3CN4)nc(OC3CCOCC3)nc2c1OCc1ccc(-c2cn(C(C)C(C)C)nn2)cc1.O=CC1CCCN1C=O. The Balaban J connectivity index is 0.000000242. The molecule has 17 nitrogen and oxygen atoms in total. The van der Waals surface area contributed by atoms with E-state index in [2.05, 4.69) is 93.7 Å². The molecule has 4 N–H and O–H groups in total. The van der Waals surface area contributed by atoms with Crippen LogP contribution in [0.3, 0.4) is 0 Å². The smallest absolute Gasteiger partial charge is 0.319 e. The molecule has 0 radical (unpaired) electrons. The summed E-state index contributed by atoms with van der Waals surface area (Å²) < 4.78 is 37.1. The van der Waals surface area contributed by atoms with Gasteiger partial charge in [-0.15, -0.1) is 5.10 Å². The quantitative estimate of drug-likeness (QED) is 0.0441. The summed E-state index contributed by atoms with van der Waals surface area (Å²) in [4.78, 5) is 34.7. The van der Waals surface area contributed by atoms with Gasteiger partial charge in [0.1, 0.15) is 41.8 Å². The lowest BCUT2D eigenvalue weighted by Crippen LogP contribution is -2.44. The van der Waals surface area contributed by atoms with Gasteiger partial charge in [0.05, 0.1) is 55.9 Å². The van der Waals surface area contributed by atoms with Gasteiger partial charge in [0.15, 0.2) is 5.75 Å². The number of benzene rings is 4. The largest absolute Gasteiger partial charge is 0.486 e. The molecule has 4 aliphatic heterocycles. The number of amides is 1. The van der Waals surface area contributed by atoms with E-state index in [1.165, 1.54) is 11.0 Å². The van der Waals surface area contributed by atoms with Crippen molar-refractivity contribution in [2.45, 2.75) is 142 Å². The minimum absolute atomic E-state index is 0.0435. The Hall–Kier alpha value is -7.35. The van der Waals surface area contributed by atoms with E-state index in [4.69, 9.17) is 35.8 Å². The molecule has 0 spiro atoms. The van der Waals surface area contributed by atoms with Crippen molar-refractivity contribution in [3.8, 4) is 34.1 Å². The summed E-state index contributed by atoms with van der Waals surface area (Å²) in [5.41, 5.74) is 10.4. The summed E-state index contributed by atoms with van der Waals surface area (Å²) in [7, 11) is 1.83. The van der Waals surface area contributed by atoms with Crippen LogP contribution in [-0.4, -0.2) is 129 Å². The summed E-state index contributed by atoms with van der Waals surface area (Å²) in [6, 6.07) is 21.2. The molecule has 5 unspecified atom stereocenters. The fourth-order valence-corrected chi connectivity index (χ4v) is 11.8. The van der Waals surface area contributed by atoms with Crippen LogP contribution in [0.25, 0.3) is 49.8 Å². The normalized spacial score (nSPS) is 19.3. The van der Waals surface area contributed by atoms with Gasteiger partial charge in [-0.3, -0.25) is 9.89 Å². The zero-order chi connectivity index (χ0) is 61.0. The number of aliphatic hydroxyl groups excluding tert-OH is 1. The van der Waals surface area contributed by atoms with E-state index in [1.54, 1.807) is 12.3 Å². The lowest BCUT2D eigenvalue weighted by molar-refractivity contribution is -0.123. The summed E-state index contributed by atoms with van der Waals surface area (Å²) in [6.07, 6.45) is 17.3. The highest BCUT2D eigenvalue weighted by molar-refractivity contribution is 6.37. The highest BCUT2D eigenvalue weighted by atomic mass is 35.5. The number of H-pyrrole nitrogens is 1. The third kappa shape index (κ3) is 14.2. The van der Waals surface area contributed by atoms with Crippen LogP contribution < -0.4 is 25.0 Å². The van der Waals surface area contributed by atoms with Crippen LogP contribution in [0.2, 0.25) is 0 Å². The topological polar surface area (TPSA) is 198 Å². The second-order valence-corrected chi connectivity index (χ2v) is 23.2. The number of aromatic amines is 1. The molecular weight excluding hydrogens is 1110 g/mol. The average molecular weight is 1190 g/mol. The maximum absolute atomic E-state index is 15.9. The van der Waals surface area contributed by atoms with E-state index in [9.17, 15) is 14.7 Å². The molecule has 5 fully saturated rings. The summed E-state index contributed by atoms with van der Waals surface area (Å²) >= 11 is 6.19. The molecule has 4 saturated heterocycles. The number of aliphatic hydroxyl groups is 1. The van der Waals surface area contributed by atoms with Gasteiger partial charge in [-0.1, -0.05) is 118 Å². The van der Waals surface area contributed by atoms with Gasteiger partial charge in [0.2, 0.25) is 6.41 Å². The molecule has 456 valence electrons. The van der Waals surface area contributed by atoms with E-state index >= 15 is 4.39 Å². The zero-order valence-corrected chi connectivity index (χ0v) is 51.6. The first kappa shape index (κ1) is 63.2. The Kier molecular flexibility index (Phi) is 21.6. The van der Waals surface area contributed by atoms with Gasteiger partial charge in [-0.2, -0.15) is 15.1 Å². The van der Waals surface area contributed by atoms with Crippen molar-refractivity contribution in [3.05, 3.63) is 137 Å². The lowest BCUT2D eigenvalue weighted by atomic mass is 9.88. The van der Waals surface area contributed by atoms with E-state index < -0.39 is 0 Å². The second-order valence-electron chi connectivity index (χ2n) is 22.8. The Morgan fingerprint density at radius 2 is 1.76 bits per heavy atom. The molecule has 4 aromatic carbocycles. The fourth-order valence-electron chi connectivity index (χ4n) is 11.6. The molecule has 7 heterocycles. The van der Waals surface area contributed by atoms with Gasteiger partial charge in [0.25, 0.3) is 0 Å². The van der Waals surface area contributed by atoms with Crippen molar-refractivity contribution >= 4 is 57.5 Å². The highest BCUT2D eigenvalue weighted by Gasteiger charge is 2.41. The van der Waals surface area contributed by atoms with Gasteiger partial charge < -0.3 is 44.5 Å². The van der Waals surface area contributed by atoms with Crippen molar-refractivity contribution in [2.75, 3.05) is 51.4 Å². The van der Waals surface area contributed by atoms with E-state index in [1.807, 2.05) is 82.0 Å². The maximum Gasteiger partial charge on any atom is 0.319 e. The first-order valence-electron chi connectivity index (χ1n) is 30.4. The molecule has 86 heavy (non-hydrogen) atoms. The monoisotopic (exact) mass is 1190 g/mol. The minimum atomic E-state index is -0.299. The number of likely N-dealkylation sites (tertiary alicyclic amines) is 1. The van der Waals surface area contributed by atoms with Crippen LogP contribution >= 0.6 is 11.6 Å². The number of likely N-dealkylation sites (N-methyl/N-ethyl adjacent to an activating group) is 1. The number of anilines is 1. The van der Waals surface area contributed by atoms with Gasteiger partial charge in [-0.25, -0.2) is 9.07 Å². The number of allylic oxidation sites excluding steroid dienone is 5. The van der Waals surface area contributed by atoms with E-state index in [0.29, 0.717) is 70.5 Å².